The van der Waals surface area contributed by atoms with Gasteiger partial charge < -0.3 is 10.6 Å². The maximum absolute atomic E-state index is 13.1. The number of pyridine rings is 1. The molecule has 7 nitrogen and oxygen atoms in total. The lowest BCUT2D eigenvalue weighted by Gasteiger charge is -2.20. The van der Waals surface area contributed by atoms with Gasteiger partial charge in [0.15, 0.2) is 5.65 Å². The van der Waals surface area contributed by atoms with Gasteiger partial charge in [-0.2, -0.15) is 5.10 Å². The molecule has 0 fully saturated rings. The Morgan fingerprint density at radius 1 is 1.09 bits per heavy atom. The van der Waals surface area contributed by atoms with Crippen LogP contribution >= 0.6 is 0 Å². The van der Waals surface area contributed by atoms with E-state index in [9.17, 15) is 9.59 Å². The largest absolute Gasteiger partial charge is 0.354 e. The minimum absolute atomic E-state index is 0.0824. The van der Waals surface area contributed by atoms with Crippen molar-refractivity contribution in [1.29, 1.82) is 0 Å². The number of aromatic nitrogens is 3. The number of hydrogen-bond acceptors (Lipinski definition) is 4. The topological polar surface area (TPSA) is 88.9 Å². The third-order valence-electron chi connectivity index (χ3n) is 5.29. The van der Waals surface area contributed by atoms with Crippen molar-refractivity contribution in [3.05, 3.63) is 58.9 Å². The first kappa shape index (κ1) is 23.4. The van der Waals surface area contributed by atoms with Gasteiger partial charge in [-0.05, 0) is 51.7 Å². The Morgan fingerprint density at radius 2 is 1.78 bits per heavy atom. The first-order valence-corrected chi connectivity index (χ1v) is 11.1. The van der Waals surface area contributed by atoms with Crippen LogP contribution in [0.3, 0.4) is 0 Å². The molecule has 3 aromatic rings. The Hall–Kier alpha value is -3.22. The van der Waals surface area contributed by atoms with Crippen molar-refractivity contribution < 1.29 is 9.59 Å². The molecule has 0 unspecified atom stereocenters. The number of rotatable bonds is 7. The van der Waals surface area contributed by atoms with Crippen LogP contribution in [-0.4, -0.2) is 39.7 Å². The Morgan fingerprint density at radius 3 is 2.41 bits per heavy atom. The van der Waals surface area contributed by atoms with E-state index < -0.39 is 0 Å². The Bertz CT molecular complexity index is 1110. The average molecular weight is 436 g/mol. The van der Waals surface area contributed by atoms with Gasteiger partial charge in [-0.3, -0.25) is 9.59 Å². The fourth-order valence-corrected chi connectivity index (χ4v) is 3.56. The normalized spacial score (nSPS) is 11.7. The lowest BCUT2D eigenvalue weighted by Crippen LogP contribution is -2.37. The van der Waals surface area contributed by atoms with E-state index in [1.54, 1.807) is 0 Å². The molecule has 0 radical (unpaired) electrons. The third-order valence-corrected chi connectivity index (χ3v) is 5.29. The monoisotopic (exact) mass is 435 g/mol. The van der Waals surface area contributed by atoms with E-state index >= 15 is 0 Å². The number of aryl methyl sites for hydroxylation is 1. The highest BCUT2D eigenvalue weighted by Crippen LogP contribution is 2.28. The van der Waals surface area contributed by atoms with Crippen molar-refractivity contribution in [3.63, 3.8) is 0 Å². The summed E-state index contributed by atoms with van der Waals surface area (Å²) in [6, 6.07) is 11.8. The van der Waals surface area contributed by atoms with E-state index in [-0.39, 0.29) is 29.8 Å². The van der Waals surface area contributed by atoms with Crippen LogP contribution < -0.4 is 10.6 Å². The average Bonchev–Trinajstić information content (AvgIpc) is 3.09. The van der Waals surface area contributed by atoms with Crippen LogP contribution in [0.5, 0.6) is 0 Å². The van der Waals surface area contributed by atoms with Crippen LogP contribution in [0.25, 0.3) is 11.0 Å². The smallest absolute Gasteiger partial charge is 0.252 e. The molecule has 0 aliphatic heterocycles. The summed E-state index contributed by atoms with van der Waals surface area (Å²) in [7, 11) is 0. The van der Waals surface area contributed by atoms with Gasteiger partial charge in [0.2, 0.25) is 5.91 Å². The predicted octanol–water partition coefficient (Wildman–Crippen LogP) is 3.71. The minimum Gasteiger partial charge on any atom is -0.354 e. The van der Waals surface area contributed by atoms with Gasteiger partial charge in [-0.15, -0.1) is 0 Å². The zero-order valence-corrected chi connectivity index (χ0v) is 19.8. The van der Waals surface area contributed by atoms with Crippen molar-refractivity contribution in [2.45, 2.75) is 59.4 Å². The van der Waals surface area contributed by atoms with Crippen molar-refractivity contribution in [1.82, 2.24) is 25.4 Å². The van der Waals surface area contributed by atoms with E-state index in [0.29, 0.717) is 17.8 Å². The molecule has 0 aliphatic carbocycles. The highest BCUT2D eigenvalue weighted by molar-refractivity contribution is 6.07. The Kier molecular flexibility index (Phi) is 6.96. The number of hydrogen-bond donors (Lipinski definition) is 2. The van der Waals surface area contributed by atoms with E-state index in [1.165, 1.54) is 0 Å². The summed E-state index contributed by atoms with van der Waals surface area (Å²) in [5.74, 6) is -0.365. The fraction of sp³-hybridized carbons (Fsp3) is 0.440. The van der Waals surface area contributed by atoms with Gasteiger partial charge in [-0.25, -0.2) is 9.67 Å². The zero-order chi connectivity index (χ0) is 23.5. The lowest BCUT2D eigenvalue weighted by molar-refractivity contribution is -0.120. The van der Waals surface area contributed by atoms with Gasteiger partial charge in [0.1, 0.15) is 0 Å². The van der Waals surface area contributed by atoms with Gasteiger partial charge in [0.05, 0.1) is 28.7 Å². The summed E-state index contributed by atoms with van der Waals surface area (Å²) < 4.78 is 1.87. The molecule has 7 heteroatoms. The second-order valence-corrected chi connectivity index (χ2v) is 9.38. The number of nitrogens with zero attached hydrogens (tertiary/aromatic N) is 3. The summed E-state index contributed by atoms with van der Waals surface area (Å²) in [4.78, 5) is 30.2. The molecular formula is C25H33N5O2. The molecule has 1 aromatic carbocycles. The highest BCUT2D eigenvalue weighted by Gasteiger charge is 2.25. The minimum atomic E-state index is -0.297. The first-order valence-electron chi connectivity index (χ1n) is 11.1. The summed E-state index contributed by atoms with van der Waals surface area (Å²) in [6.07, 6.45) is 0.744. The van der Waals surface area contributed by atoms with Gasteiger partial charge >= 0.3 is 0 Å². The SMILES string of the molecule is Cc1nn(C(C)(C)C)c2nc(C(C)C)cc(C(=O)NCC(=O)NCCc3ccccc3)c12. The van der Waals surface area contributed by atoms with Crippen molar-refractivity contribution in [2.75, 3.05) is 13.1 Å². The van der Waals surface area contributed by atoms with Crippen LogP contribution in [0.15, 0.2) is 36.4 Å². The van der Waals surface area contributed by atoms with Crippen LogP contribution in [0, 0.1) is 6.92 Å². The Balaban J connectivity index is 1.75. The Labute approximate surface area is 189 Å². The molecule has 2 heterocycles. The molecule has 3 rings (SSSR count). The summed E-state index contributed by atoms with van der Waals surface area (Å²) in [6.45, 7) is 12.6. The van der Waals surface area contributed by atoms with Crippen molar-refractivity contribution >= 4 is 22.8 Å². The summed E-state index contributed by atoms with van der Waals surface area (Å²) >= 11 is 0. The number of fused-ring (bicyclic) bond motifs is 1. The maximum Gasteiger partial charge on any atom is 0.252 e. The molecule has 2 amide bonds. The number of carbonyl (C=O) groups excluding carboxylic acids is 2. The standard InChI is InChI=1S/C25H33N5O2/c1-16(2)20-14-19(22-17(3)29-30(23(22)28-20)25(4,5)6)24(32)27-15-21(31)26-13-12-18-10-8-7-9-11-18/h7-11,14,16H,12-13,15H2,1-6H3,(H,26,31)(H,27,32). The second kappa shape index (κ2) is 9.51. The quantitative estimate of drug-likeness (QED) is 0.592. The fourth-order valence-electron chi connectivity index (χ4n) is 3.56. The number of benzene rings is 1. The third kappa shape index (κ3) is 5.33. The molecular weight excluding hydrogens is 402 g/mol. The second-order valence-electron chi connectivity index (χ2n) is 9.38. The molecule has 0 aliphatic rings. The van der Waals surface area contributed by atoms with Gasteiger partial charge in [-0.1, -0.05) is 44.2 Å². The van der Waals surface area contributed by atoms with Crippen molar-refractivity contribution in [3.8, 4) is 0 Å². The summed E-state index contributed by atoms with van der Waals surface area (Å²) in [5, 5.41) is 11.0. The number of carbonyl (C=O) groups is 2. The maximum atomic E-state index is 13.1. The van der Waals surface area contributed by atoms with E-state index in [0.717, 1.165) is 28.8 Å². The summed E-state index contributed by atoms with van der Waals surface area (Å²) in [5.41, 5.74) is 3.64. The van der Waals surface area contributed by atoms with E-state index in [1.807, 2.05) is 61.9 Å². The van der Waals surface area contributed by atoms with E-state index in [2.05, 4.69) is 36.5 Å². The van der Waals surface area contributed by atoms with Crippen LogP contribution in [0.2, 0.25) is 0 Å². The molecule has 2 N–H and O–H groups in total. The van der Waals surface area contributed by atoms with Crippen LogP contribution in [0.4, 0.5) is 0 Å². The molecule has 0 bridgehead atoms. The molecule has 32 heavy (non-hydrogen) atoms. The molecule has 0 saturated heterocycles. The molecule has 2 aromatic heterocycles. The van der Waals surface area contributed by atoms with Crippen molar-refractivity contribution in [2.24, 2.45) is 0 Å². The van der Waals surface area contributed by atoms with Crippen LogP contribution in [0.1, 0.15) is 67.8 Å². The predicted molar refractivity (Wildman–Crippen MR) is 127 cm³/mol. The molecule has 0 saturated carbocycles. The lowest BCUT2D eigenvalue weighted by atomic mass is 10.0. The molecule has 0 atom stereocenters. The zero-order valence-electron chi connectivity index (χ0n) is 19.8. The number of amides is 2. The molecule has 0 spiro atoms. The van der Waals surface area contributed by atoms with Gasteiger partial charge in [0, 0.05) is 12.2 Å². The first-order chi connectivity index (χ1) is 15.1. The number of nitrogens with one attached hydrogen (secondary N) is 2. The van der Waals surface area contributed by atoms with Gasteiger partial charge in [0.25, 0.3) is 5.91 Å². The van der Waals surface area contributed by atoms with Crippen LogP contribution in [-0.2, 0) is 16.8 Å². The molecule has 170 valence electrons. The highest BCUT2D eigenvalue weighted by atomic mass is 16.2. The van der Waals surface area contributed by atoms with E-state index in [4.69, 9.17) is 4.98 Å².